The normalized spacial score (nSPS) is 16.2. The van der Waals surface area contributed by atoms with Gasteiger partial charge in [0, 0.05) is 30.9 Å². The van der Waals surface area contributed by atoms with Crippen molar-refractivity contribution in [2.75, 3.05) is 30.4 Å². The van der Waals surface area contributed by atoms with E-state index in [2.05, 4.69) is 25.2 Å². The molecule has 0 radical (unpaired) electrons. The summed E-state index contributed by atoms with van der Waals surface area (Å²) in [5.41, 5.74) is 2.80. The minimum atomic E-state index is -0.112. The highest BCUT2D eigenvalue weighted by molar-refractivity contribution is 5.92. The summed E-state index contributed by atoms with van der Waals surface area (Å²) in [6, 6.07) is 13.6. The summed E-state index contributed by atoms with van der Waals surface area (Å²) in [5, 5.41) is 2.98. The van der Waals surface area contributed by atoms with Crippen LogP contribution in [0.5, 0.6) is 5.75 Å². The molecule has 1 amide bonds. The topological polar surface area (TPSA) is 80.2 Å². The molecule has 3 heterocycles. The number of anilines is 2. The summed E-state index contributed by atoms with van der Waals surface area (Å²) in [7, 11) is 1.65. The third kappa shape index (κ3) is 4.40. The van der Waals surface area contributed by atoms with E-state index in [1.165, 1.54) is 0 Å². The molecule has 1 atom stereocenters. The van der Waals surface area contributed by atoms with Crippen LogP contribution in [0.15, 0.2) is 55.0 Å². The van der Waals surface area contributed by atoms with Gasteiger partial charge in [-0.1, -0.05) is 6.07 Å². The Kier molecular flexibility index (Phi) is 5.88. The van der Waals surface area contributed by atoms with E-state index in [1.807, 2.05) is 49.4 Å². The maximum atomic E-state index is 12.8. The molecule has 154 valence electrons. The number of hydrogen-bond donors (Lipinski definition) is 1. The van der Waals surface area contributed by atoms with Crippen molar-refractivity contribution >= 4 is 17.5 Å². The third-order valence-electron chi connectivity index (χ3n) is 5.41. The first-order valence-corrected chi connectivity index (χ1v) is 10.1. The number of hydrogen-bond acceptors (Lipinski definition) is 6. The highest BCUT2D eigenvalue weighted by Crippen LogP contribution is 2.27. The molecule has 0 aliphatic carbocycles. The zero-order valence-electron chi connectivity index (χ0n) is 17.2. The number of carbonyl (C=O) groups excluding carboxylic acids is 1. The van der Waals surface area contributed by atoms with Crippen molar-refractivity contribution in [3.05, 3.63) is 60.6 Å². The fourth-order valence-corrected chi connectivity index (χ4v) is 3.67. The molecule has 30 heavy (non-hydrogen) atoms. The lowest BCUT2D eigenvalue weighted by Crippen LogP contribution is -2.41. The number of aryl methyl sites for hydroxylation is 1. The lowest BCUT2D eigenvalue weighted by atomic mass is 9.97. The fraction of sp³-hybridized carbons (Fsp3) is 0.304. The maximum absolute atomic E-state index is 12.8. The smallest absolute Gasteiger partial charge is 0.230 e. The number of carbonyl (C=O) groups is 1. The monoisotopic (exact) mass is 403 g/mol. The van der Waals surface area contributed by atoms with Gasteiger partial charge in [0.05, 0.1) is 18.7 Å². The van der Waals surface area contributed by atoms with E-state index >= 15 is 0 Å². The predicted molar refractivity (Wildman–Crippen MR) is 117 cm³/mol. The zero-order valence-corrected chi connectivity index (χ0v) is 17.2. The quantitative estimate of drug-likeness (QED) is 0.700. The average Bonchev–Trinajstić information content (AvgIpc) is 2.81. The number of piperidine rings is 1. The molecule has 2 aromatic heterocycles. The molecule has 1 aliphatic heterocycles. The Morgan fingerprint density at radius 2 is 2.00 bits per heavy atom. The number of amides is 1. The van der Waals surface area contributed by atoms with Crippen LogP contribution in [-0.4, -0.2) is 41.1 Å². The van der Waals surface area contributed by atoms with E-state index in [4.69, 9.17) is 4.74 Å². The molecule has 0 saturated carbocycles. The molecule has 7 heteroatoms. The minimum Gasteiger partial charge on any atom is -0.497 e. The highest BCUT2D eigenvalue weighted by atomic mass is 16.5. The first kappa shape index (κ1) is 19.8. The van der Waals surface area contributed by atoms with Gasteiger partial charge in [0.2, 0.25) is 5.91 Å². The molecule has 0 spiro atoms. The number of aromatic nitrogens is 3. The number of nitrogens with one attached hydrogen (secondary N) is 1. The standard InChI is InChI=1S/C23H25N5O2/c1-16-5-3-11-24-22(16)27-23(29)18-6-4-12-28(14-18)21-13-20(25-15-26-21)17-7-9-19(30-2)10-8-17/h3,5,7-11,13,15,18H,4,6,12,14H2,1-2H3,(H,24,27,29)/t18-/m0/s1. The molecule has 0 unspecified atom stereocenters. The molecule has 1 saturated heterocycles. The van der Waals surface area contributed by atoms with Crippen molar-refractivity contribution in [2.45, 2.75) is 19.8 Å². The number of rotatable bonds is 5. The summed E-state index contributed by atoms with van der Waals surface area (Å²) < 4.78 is 5.22. The predicted octanol–water partition coefficient (Wildman–Crippen LogP) is 3.71. The van der Waals surface area contributed by atoms with E-state index in [9.17, 15) is 4.79 Å². The van der Waals surface area contributed by atoms with Gasteiger partial charge >= 0.3 is 0 Å². The summed E-state index contributed by atoms with van der Waals surface area (Å²) in [4.78, 5) is 28.1. The number of pyridine rings is 1. The van der Waals surface area contributed by atoms with Crippen LogP contribution in [-0.2, 0) is 4.79 Å². The van der Waals surface area contributed by atoms with E-state index in [1.54, 1.807) is 19.6 Å². The molecule has 4 rings (SSSR count). The van der Waals surface area contributed by atoms with Gasteiger partial charge in [0.25, 0.3) is 0 Å². The van der Waals surface area contributed by atoms with Crippen molar-refractivity contribution in [3.63, 3.8) is 0 Å². The number of ether oxygens (including phenoxy) is 1. The van der Waals surface area contributed by atoms with Gasteiger partial charge in [-0.15, -0.1) is 0 Å². The molecule has 3 aromatic rings. The summed E-state index contributed by atoms with van der Waals surface area (Å²) in [6.45, 7) is 3.43. The van der Waals surface area contributed by atoms with E-state index < -0.39 is 0 Å². The summed E-state index contributed by atoms with van der Waals surface area (Å²) in [6.07, 6.45) is 5.05. The Morgan fingerprint density at radius 3 is 2.77 bits per heavy atom. The van der Waals surface area contributed by atoms with Crippen LogP contribution < -0.4 is 15.0 Å². The van der Waals surface area contributed by atoms with Crippen LogP contribution in [0, 0.1) is 12.8 Å². The highest BCUT2D eigenvalue weighted by Gasteiger charge is 2.27. The SMILES string of the molecule is COc1ccc(-c2cc(N3CCC[C@H](C(=O)Nc4ncccc4C)C3)ncn2)cc1. The number of nitrogens with zero attached hydrogens (tertiary/aromatic N) is 4. The largest absolute Gasteiger partial charge is 0.497 e. The second-order valence-corrected chi connectivity index (χ2v) is 7.43. The third-order valence-corrected chi connectivity index (χ3v) is 5.41. The van der Waals surface area contributed by atoms with Crippen molar-refractivity contribution in [2.24, 2.45) is 5.92 Å². The lowest BCUT2D eigenvalue weighted by Gasteiger charge is -2.33. The van der Waals surface area contributed by atoms with Gasteiger partial charge in [-0.3, -0.25) is 4.79 Å². The lowest BCUT2D eigenvalue weighted by molar-refractivity contribution is -0.120. The molecule has 1 aromatic carbocycles. The zero-order chi connectivity index (χ0) is 20.9. The number of methoxy groups -OCH3 is 1. The van der Waals surface area contributed by atoms with Crippen LogP contribution in [0.1, 0.15) is 18.4 Å². The van der Waals surface area contributed by atoms with Crippen LogP contribution >= 0.6 is 0 Å². The van der Waals surface area contributed by atoms with Gasteiger partial charge in [-0.05, 0) is 55.7 Å². The molecule has 1 aliphatic rings. The van der Waals surface area contributed by atoms with Crippen molar-refractivity contribution in [3.8, 4) is 17.0 Å². The average molecular weight is 403 g/mol. The van der Waals surface area contributed by atoms with E-state index in [-0.39, 0.29) is 11.8 Å². The van der Waals surface area contributed by atoms with Gasteiger partial charge in [-0.25, -0.2) is 15.0 Å². The molecular weight excluding hydrogens is 378 g/mol. The van der Waals surface area contributed by atoms with Crippen molar-refractivity contribution in [1.82, 2.24) is 15.0 Å². The van der Waals surface area contributed by atoms with Gasteiger partial charge in [0.15, 0.2) is 0 Å². The van der Waals surface area contributed by atoms with E-state index in [0.717, 1.165) is 47.8 Å². The summed E-state index contributed by atoms with van der Waals surface area (Å²) in [5.74, 6) is 2.16. The van der Waals surface area contributed by atoms with E-state index in [0.29, 0.717) is 12.4 Å². The first-order valence-electron chi connectivity index (χ1n) is 10.1. The van der Waals surface area contributed by atoms with Crippen molar-refractivity contribution < 1.29 is 9.53 Å². The van der Waals surface area contributed by atoms with Crippen LogP contribution in [0.3, 0.4) is 0 Å². The first-order chi connectivity index (χ1) is 14.6. The molecule has 1 N–H and O–H groups in total. The Labute approximate surface area is 176 Å². The van der Waals surface area contributed by atoms with Gasteiger partial charge in [-0.2, -0.15) is 0 Å². The Balaban J connectivity index is 1.47. The Hall–Kier alpha value is -3.48. The van der Waals surface area contributed by atoms with Crippen molar-refractivity contribution in [1.29, 1.82) is 0 Å². The minimum absolute atomic E-state index is 0.00549. The van der Waals surface area contributed by atoms with Crippen LogP contribution in [0.4, 0.5) is 11.6 Å². The van der Waals surface area contributed by atoms with Crippen LogP contribution in [0.25, 0.3) is 11.3 Å². The van der Waals surface area contributed by atoms with Crippen LogP contribution in [0.2, 0.25) is 0 Å². The molecular formula is C23H25N5O2. The van der Waals surface area contributed by atoms with Gasteiger partial charge in [0.1, 0.15) is 23.7 Å². The second-order valence-electron chi connectivity index (χ2n) is 7.43. The molecule has 1 fully saturated rings. The Morgan fingerprint density at radius 1 is 1.17 bits per heavy atom. The summed E-state index contributed by atoms with van der Waals surface area (Å²) >= 11 is 0. The Bertz CT molecular complexity index is 1020. The second kappa shape index (κ2) is 8.90. The number of benzene rings is 1. The molecule has 0 bridgehead atoms. The molecule has 7 nitrogen and oxygen atoms in total. The fourth-order valence-electron chi connectivity index (χ4n) is 3.67. The maximum Gasteiger partial charge on any atom is 0.230 e. The van der Waals surface area contributed by atoms with Gasteiger partial charge < -0.3 is 15.0 Å².